The van der Waals surface area contributed by atoms with E-state index in [1.807, 2.05) is 0 Å². The van der Waals surface area contributed by atoms with Crippen molar-refractivity contribution in [1.82, 2.24) is 0 Å². The third kappa shape index (κ3) is 39.6. The van der Waals surface area contributed by atoms with E-state index in [2.05, 4.69) is 74.6 Å². The molecular weight excluding hydrogens is 853 g/mol. The molecule has 396 valence electrons. The van der Waals surface area contributed by atoms with Crippen molar-refractivity contribution >= 4 is 5.97 Å². The standard InChI is InChI=1S/C59H106O9/c1-3-5-7-9-11-13-15-17-19-21-23-24-25-26-27-28-29-31-33-35-37-39-41-43-45-47-49-65-51-53(52-66-59-58(64)57(63)56(62)54(50-60)68-59)67-55(61)48-46-44-42-40-38-36-34-32-30-22-20-18-16-14-12-10-8-6-4-2/h6,8,12,14,18,20-21,23,30,32,53-54,56-60,62-64H,3-5,7,9-11,13,15-17,19,22,24-29,31,33-52H2,1-2H3/b8-6-,14-12-,20-18-,23-21-,32-30-. The summed E-state index contributed by atoms with van der Waals surface area (Å²) in [5, 5.41) is 40.3. The Morgan fingerprint density at radius 2 is 0.897 bits per heavy atom. The molecule has 0 bridgehead atoms. The van der Waals surface area contributed by atoms with Crippen LogP contribution in [0.3, 0.4) is 0 Å². The van der Waals surface area contributed by atoms with E-state index in [1.165, 1.54) is 154 Å². The minimum Gasteiger partial charge on any atom is -0.457 e. The molecule has 68 heavy (non-hydrogen) atoms. The van der Waals surface area contributed by atoms with E-state index in [0.717, 1.165) is 70.6 Å². The lowest BCUT2D eigenvalue weighted by Gasteiger charge is -2.39. The van der Waals surface area contributed by atoms with Gasteiger partial charge in [0, 0.05) is 13.0 Å². The molecule has 1 fully saturated rings. The van der Waals surface area contributed by atoms with Crippen LogP contribution in [0.25, 0.3) is 0 Å². The molecule has 1 aliphatic heterocycles. The fraction of sp³-hybridized carbons (Fsp3) is 0.814. The maximum Gasteiger partial charge on any atom is 0.306 e. The quantitative estimate of drug-likeness (QED) is 0.0267. The molecule has 1 heterocycles. The van der Waals surface area contributed by atoms with Crippen molar-refractivity contribution in [3.8, 4) is 0 Å². The first-order valence-electron chi connectivity index (χ1n) is 28.4. The van der Waals surface area contributed by atoms with E-state index >= 15 is 0 Å². The van der Waals surface area contributed by atoms with Crippen LogP contribution in [0.1, 0.15) is 245 Å². The lowest BCUT2D eigenvalue weighted by molar-refractivity contribution is -0.305. The van der Waals surface area contributed by atoms with Gasteiger partial charge in [-0.05, 0) is 77.0 Å². The predicted molar refractivity (Wildman–Crippen MR) is 284 cm³/mol. The van der Waals surface area contributed by atoms with Crippen molar-refractivity contribution in [2.24, 2.45) is 0 Å². The highest BCUT2D eigenvalue weighted by Crippen LogP contribution is 2.23. The molecule has 0 aromatic rings. The summed E-state index contributed by atoms with van der Waals surface area (Å²) < 4.78 is 22.9. The summed E-state index contributed by atoms with van der Waals surface area (Å²) in [6.07, 6.45) is 58.4. The van der Waals surface area contributed by atoms with E-state index in [0.29, 0.717) is 13.0 Å². The van der Waals surface area contributed by atoms with Crippen molar-refractivity contribution in [1.29, 1.82) is 0 Å². The normalized spacial score (nSPS) is 19.5. The number of carbonyl (C=O) groups is 1. The first-order chi connectivity index (χ1) is 33.4. The summed E-state index contributed by atoms with van der Waals surface area (Å²) in [5.41, 5.74) is 0. The Kier molecular flexibility index (Phi) is 46.9. The number of rotatable bonds is 49. The van der Waals surface area contributed by atoms with Gasteiger partial charge in [-0.3, -0.25) is 4.79 Å². The van der Waals surface area contributed by atoms with Crippen LogP contribution in [0.4, 0.5) is 0 Å². The fourth-order valence-corrected chi connectivity index (χ4v) is 8.54. The molecule has 1 saturated heterocycles. The maximum atomic E-state index is 12.9. The first-order valence-corrected chi connectivity index (χ1v) is 28.4. The second-order valence-corrected chi connectivity index (χ2v) is 19.4. The van der Waals surface area contributed by atoms with Crippen LogP contribution in [0, 0.1) is 0 Å². The van der Waals surface area contributed by atoms with Crippen LogP contribution in [0.15, 0.2) is 60.8 Å². The molecule has 0 spiro atoms. The topological polar surface area (TPSA) is 135 Å². The average molecular weight is 959 g/mol. The maximum absolute atomic E-state index is 12.9. The minimum absolute atomic E-state index is 0.120. The van der Waals surface area contributed by atoms with Crippen molar-refractivity contribution in [2.75, 3.05) is 26.4 Å². The Bertz CT molecular complexity index is 1230. The Balaban J connectivity index is 2.15. The van der Waals surface area contributed by atoms with Gasteiger partial charge >= 0.3 is 5.97 Å². The molecule has 4 N–H and O–H groups in total. The highest BCUT2D eigenvalue weighted by atomic mass is 16.7. The Hall–Kier alpha value is -2.11. The molecule has 9 nitrogen and oxygen atoms in total. The Labute approximate surface area is 417 Å². The molecule has 9 heteroatoms. The summed E-state index contributed by atoms with van der Waals surface area (Å²) in [6.45, 7) is 4.46. The third-order valence-corrected chi connectivity index (χ3v) is 12.9. The van der Waals surface area contributed by atoms with Crippen molar-refractivity contribution < 1.29 is 44.2 Å². The SMILES string of the molecule is CC/C=C\C/C=C\C/C=C\C/C=C\CCCCCCCCC(=O)OC(COCCCCCCCCCCCCCCCC/C=C\CCCCCCCCCC)COC1OC(CO)C(O)C(O)C1O. The fourth-order valence-electron chi connectivity index (χ4n) is 8.54. The van der Waals surface area contributed by atoms with Gasteiger partial charge in [0.15, 0.2) is 6.29 Å². The van der Waals surface area contributed by atoms with Crippen LogP contribution in [-0.2, 0) is 23.7 Å². The number of aliphatic hydroxyl groups excluding tert-OH is 4. The van der Waals surface area contributed by atoms with Gasteiger partial charge in [0.2, 0.25) is 0 Å². The molecule has 6 atom stereocenters. The summed E-state index contributed by atoms with van der Waals surface area (Å²) >= 11 is 0. The molecule has 0 amide bonds. The van der Waals surface area contributed by atoms with Crippen LogP contribution >= 0.6 is 0 Å². The second-order valence-electron chi connectivity index (χ2n) is 19.4. The van der Waals surface area contributed by atoms with E-state index in [4.69, 9.17) is 18.9 Å². The van der Waals surface area contributed by atoms with Gasteiger partial charge in [-0.15, -0.1) is 0 Å². The molecule has 6 unspecified atom stereocenters. The zero-order valence-corrected chi connectivity index (χ0v) is 43.9. The van der Waals surface area contributed by atoms with Crippen LogP contribution in [0.2, 0.25) is 0 Å². The third-order valence-electron chi connectivity index (χ3n) is 12.9. The zero-order valence-electron chi connectivity index (χ0n) is 43.9. The first kappa shape index (κ1) is 63.9. The van der Waals surface area contributed by atoms with Crippen LogP contribution in [-0.4, -0.2) is 89.6 Å². The van der Waals surface area contributed by atoms with Crippen molar-refractivity contribution in [3.63, 3.8) is 0 Å². The number of unbranched alkanes of at least 4 members (excludes halogenated alkanes) is 28. The van der Waals surface area contributed by atoms with Crippen molar-refractivity contribution in [3.05, 3.63) is 60.8 Å². The van der Waals surface area contributed by atoms with Gasteiger partial charge in [-0.2, -0.15) is 0 Å². The highest BCUT2D eigenvalue weighted by Gasteiger charge is 2.44. The lowest BCUT2D eigenvalue weighted by Crippen LogP contribution is -2.59. The second kappa shape index (κ2) is 49.9. The molecule has 0 radical (unpaired) electrons. The van der Waals surface area contributed by atoms with E-state index in [9.17, 15) is 25.2 Å². The average Bonchev–Trinajstić information content (AvgIpc) is 3.34. The number of ether oxygens (including phenoxy) is 4. The van der Waals surface area contributed by atoms with E-state index in [-0.39, 0.29) is 19.2 Å². The minimum atomic E-state index is -1.54. The largest absolute Gasteiger partial charge is 0.457 e. The smallest absolute Gasteiger partial charge is 0.306 e. The summed E-state index contributed by atoms with van der Waals surface area (Å²) in [7, 11) is 0. The highest BCUT2D eigenvalue weighted by molar-refractivity contribution is 5.69. The zero-order chi connectivity index (χ0) is 49.2. The molecule has 0 aromatic carbocycles. The molecule has 1 rings (SSSR count). The number of aliphatic hydroxyl groups is 4. The monoisotopic (exact) mass is 959 g/mol. The van der Waals surface area contributed by atoms with Gasteiger partial charge in [0.05, 0.1) is 19.8 Å². The summed E-state index contributed by atoms with van der Waals surface area (Å²) in [4.78, 5) is 12.9. The van der Waals surface area contributed by atoms with Crippen LogP contribution < -0.4 is 0 Å². The molecule has 0 aromatic heterocycles. The number of esters is 1. The number of hydrogen-bond donors (Lipinski definition) is 4. The number of hydrogen-bond acceptors (Lipinski definition) is 9. The summed E-state index contributed by atoms with van der Waals surface area (Å²) in [6, 6.07) is 0. The van der Waals surface area contributed by atoms with Gasteiger partial charge in [0.25, 0.3) is 0 Å². The van der Waals surface area contributed by atoms with Gasteiger partial charge in [-0.25, -0.2) is 0 Å². The van der Waals surface area contributed by atoms with Gasteiger partial charge in [-0.1, -0.05) is 222 Å². The summed E-state index contributed by atoms with van der Waals surface area (Å²) in [5.74, 6) is -0.326. The van der Waals surface area contributed by atoms with Gasteiger partial charge in [0.1, 0.15) is 30.5 Å². The molecule has 0 aliphatic carbocycles. The number of carbonyl (C=O) groups excluding carboxylic acids is 1. The van der Waals surface area contributed by atoms with E-state index in [1.54, 1.807) is 0 Å². The molecule has 0 saturated carbocycles. The van der Waals surface area contributed by atoms with Crippen LogP contribution in [0.5, 0.6) is 0 Å². The lowest BCUT2D eigenvalue weighted by atomic mass is 9.99. The van der Waals surface area contributed by atoms with Gasteiger partial charge < -0.3 is 39.4 Å². The Morgan fingerprint density at radius 3 is 1.37 bits per heavy atom. The molecular formula is C59H106O9. The van der Waals surface area contributed by atoms with Crippen molar-refractivity contribution in [2.45, 2.75) is 282 Å². The Morgan fingerprint density at radius 1 is 0.485 bits per heavy atom. The van der Waals surface area contributed by atoms with E-state index < -0.39 is 43.4 Å². The molecule has 1 aliphatic rings. The predicted octanol–water partition coefficient (Wildman–Crippen LogP) is 14.6. The number of allylic oxidation sites excluding steroid dienone is 10.